The van der Waals surface area contributed by atoms with Crippen LogP contribution in [0.5, 0.6) is 0 Å². The number of nitriles is 1. The van der Waals surface area contributed by atoms with Crippen LogP contribution < -0.4 is 0 Å². The third-order valence-corrected chi connectivity index (χ3v) is 2.26. The normalized spacial score (nSPS) is 24.9. The number of nitrogens with zero attached hydrogens (tertiary/aromatic N) is 1. The van der Waals surface area contributed by atoms with Gasteiger partial charge in [-0.05, 0) is 5.56 Å². The Hall–Kier alpha value is -1.62. The van der Waals surface area contributed by atoms with Crippen LogP contribution in [-0.4, -0.2) is 0 Å². The Balaban J connectivity index is 2.64. The molecule has 2 rings (SSSR count). The summed E-state index contributed by atoms with van der Waals surface area (Å²) < 4.78 is 13.9. The molecule has 0 bridgehead atoms. The molecule has 2 heteroatoms. The van der Waals surface area contributed by atoms with Gasteiger partial charge in [-0.15, -0.1) is 0 Å². The van der Waals surface area contributed by atoms with E-state index in [1.54, 1.807) is 24.3 Å². The fraction of sp³-hybridized carbons (Fsp3) is 0.182. The third kappa shape index (κ3) is 1.13. The Labute approximate surface area is 76.1 Å². The summed E-state index contributed by atoms with van der Waals surface area (Å²) in [6.45, 7) is 0. The van der Waals surface area contributed by atoms with Gasteiger partial charge in [0, 0.05) is 12.0 Å². The highest BCUT2D eigenvalue weighted by Gasteiger charge is 2.34. The van der Waals surface area contributed by atoms with E-state index in [1.165, 1.54) is 0 Å². The van der Waals surface area contributed by atoms with Gasteiger partial charge in [0.05, 0.1) is 0 Å². The first kappa shape index (κ1) is 8.00. The van der Waals surface area contributed by atoms with E-state index in [-0.39, 0.29) is 6.42 Å². The fourth-order valence-corrected chi connectivity index (χ4v) is 1.57. The van der Waals surface area contributed by atoms with Gasteiger partial charge in [-0.3, -0.25) is 0 Å². The smallest absolute Gasteiger partial charge is 0.222 e. The summed E-state index contributed by atoms with van der Waals surface area (Å²) in [4.78, 5) is 0. The molecular weight excluding hydrogens is 165 g/mol. The molecule has 0 fully saturated rings. The highest BCUT2D eigenvalue weighted by atomic mass is 19.1. The van der Waals surface area contributed by atoms with Crippen molar-refractivity contribution in [1.82, 2.24) is 0 Å². The lowest BCUT2D eigenvalue weighted by Crippen LogP contribution is -2.20. The lowest BCUT2D eigenvalue weighted by Gasteiger charge is -2.21. The van der Waals surface area contributed by atoms with E-state index in [2.05, 4.69) is 0 Å². The van der Waals surface area contributed by atoms with E-state index in [9.17, 15) is 4.39 Å². The zero-order chi connectivity index (χ0) is 9.31. The average Bonchev–Trinajstić information content (AvgIpc) is 2.19. The number of benzene rings is 1. The highest BCUT2D eigenvalue weighted by molar-refractivity contribution is 5.60. The van der Waals surface area contributed by atoms with E-state index >= 15 is 0 Å². The van der Waals surface area contributed by atoms with Gasteiger partial charge >= 0.3 is 0 Å². The average molecular weight is 173 g/mol. The number of fused-ring (bicyclic) bond motifs is 1. The molecule has 64 valence electrons. The molecule has 1 aromatic rings. The molecule has 0 saturated carbocycles. The Morgan fingerprint density at radius 3 is 2.92 bits per heavy atom. The maximum absolute atomic E-state index is 13.9. The molecule has 1 aliphatic rings. The Morgan fingerprint density at radius 2 is 2.15 bits per heavy atom. The Morgan fingerprint density at radius 1 is 1.38 bits per heavy atom. The van der Waals surface area contributed by atoms with Gasteiger partial charge in [0.15, 0.2) is 0 Å². The van der Waals surface area contributed by atoms with Crippen molar-refractivity contribution in [3.05, 3.63) is 41.5 Å². The first-order valence-electron chi connectivity index (χ1n) is 4.12. The maximum atomic E-state index is 13.9. The monoisotopic (exact) mass is 173 g/mol. The molecule has 1 aromatic carbocycles. The number of allylic oxidation sites excluding steroid dienone is 1. The molecule has 0 N–H and O–H groups in total. The molecule has 0 saturated heterocycles. The number of halogens is 1. The summed E-state index contributed by atoms with van der Waals surface area (Å²) in [5.41, 5.74) is -0.538. The molecule has 0 heterocycles. The number of alkyl halides is 1. The number of rotatable bonds is 0. The van der Waals surface area contributed by atoms with Crippen LogP contribution in [0.1, 0.15) is 17.5 Å². The first-order valence-corrected chi connectivity index (χ1v) is 4.12. The molecule has 1 unspecified atom stereocenters. The SMILES string of the molecule is N#CC1(F)CC=Cc2ccccc21. The van der Waals surface area contributed by atoms with E-state index in [1.807, 2.05) is 18.2 Å². The molecule has 0 amide bonds. The van der Waals surface area contributed by atoms with Crippen molar-refractivity contribution in [3.63, 3.8) is 0 Å². The molecule has 0 aromatic heterocycles. The fourth-order valence-electron chi connectivity index (χ4n) is 1.57. The van der Waals surface area contributed by atoms with Crippen molar-refractivity contribution in [2.24, 2.45) is 0 Å². The van der Waals surface area contributed by atoms with Crippen molar-refractivity contribution in [2.45, 2.75) is 12.1 Å². The summed E-state index contributed by atoms with van der Waals surface area (Å²) in [5, 5.41) is 8.74. The van der Waals surface area contributed by atoms with Gasteiger partial charge in [0.1, 0.15) is 6.07 Å². The zero-order valence-corrected chi connectivity index (χ0v) is 7.00. The predicted molar refractivity (Wildman–Crippen MR) is 48.5 cm³/mol. The van der Waals surface area contributed by atoms with Crippen LogP contribution in [-0.2, 0) is 5.67 Å². The minimum Gasteiger partial charge on any atom is -0.222 e. The third-order valence-electron chi connectivity index (χ3n) is 2.26. The van der Waals surface area contributed by atoms with Crippen LogP contribution >= 0.6 is 0 Å². The second-order valence-corrected chi connectivity index (χ2v) is 3.11. The van der Waals surface area contributed by atoms with E-state index in [4.69, 9.17) is 5.26 Å². The van der Waals surface area contributed by atoms with Gasteiger partial charge in [-0.25, -0.2) is 4.39 Å². The van der Waals surface area contributed by atoms with Crippen molar-refractivity contribution in [3.8, 4) is 6.07 Å². The van der Waals surface area contributed by atoms with Crippen molar-refractivity contribution >= 4 is 6.08 Å². The number of hydrogen-bond acceptors (Lipinski definition) is 1. The zero-order valence-electron chi connectivity index (χ0n) is 7.00. The van der Waals surface area contributed by atoms with E-state index in [0.717, 1.165) is 5.56 Å². The Kier molecular flexibility index (Phi) is 1.66. The van der Waals surface area contributed by atoms with Gasteiger partial charge < -0.3 is 0 Å². The molecule has 1 atom stereocenters. The van der Waals surface area contributed by atoms with Crippen molar-refractivity contribution < 1.29 is 4.39 Å². The van der Waals surface area contributed by atoms with Crippen LogP contribution in [0.4, 0.5) is 4.39 Å². The quantitative estimate of drug-likeness (QED) is 0.591. The molecule has 0 radical (unpaired) electrons. The predicted octanol–water partition coefficient (Wildman–Crippen LogP) is 2.79. The minimum absolute atomic E-state index is 0.153. The number of hydrogen-bond donors (Lipinski definition) is 0. The lowest BCUT2D eigenvalue weighted by molar-refractivity contribution is 0.246. The van der Waals surface area contributed by atoms with Gasteiger partial charge in [0.2, 0.25) is 5.67 Å². The van der Waals surface area contributed by atoms with E-state index in [0.29, 0.717) is 5.56 Å². The second kappa shape index (κ2) is 2.70. The van der Waals surface area contributed by atoms with Crippen molar-refractivity contribution in [2.75, 3.05) is 0 Å². The summed E-state index contributed by atoms with van der Waals surface area (Å²) in [5.74, 6) is 0. The van der Waals surface area contributed by atoms with Crippen molar-refractivity contribution in [1.29, 1.82) is 5.26 Å². The molecular formula is C11H8FN. The van der Waals surface area contributed by atoms with Crippen LogP contribution in [0, 0.1) is 11.3 Å². The lowest BCUT2D eigenvalue weighted by atomic mass is 9.86. The van der Waals surface area contributed by atoms with Gasteiger partial charge in [-0.1, -0.05) is 36.4 Å². The molecule has 0 spiro atoms. The molecule has 0 aliphatic heterocycles. The largest absolute Gasteiger partial charge is 0.225 e. The first-order chi connectivity index (χ1) is 6.26. The summed E-state index contributed by atoms with van der Waals surface area (Å²) in [7, 11) is 0. The van der Waals surface area contributed by atoms with E-state index < -0.39 is 5.67 Å². The van der Waals surface area contributed by atoms with Gasteiger partial charge in [0.25, 0.3) is 0 Å². The minimum atomic E-state index is -1.83. The molecule has 1 nitrogen and oxygen atoms in total. The Bertz CT molecular complexity index is 403. The second-order valence-electron chi connectivity index (χ2n) is 3.11. The van der Waals surface area contributed by atoms with Crippen LogP contribution in [0.25, 0.3) is 6.08 Å². The van der Waals surface area contributed by atoms with Crippen LogP contribution in [0.3, 0.4) is 0 Å². The standard InChI is InChI=1S/C11H8FN/c12-11(8-13)7-3-5-9-4-1-2-6-10(9)11/h1-6H,7H2. The topological polar surface area (TPSA) is 23.8 Å². The summed E-state index contributed by atoms with van der Waals surface area (Å²) in [6.07, 6.45) is 3.70. The highest BCUT2D eigenvalue weighted by Crippen LogP contribution is 2.36. The molecule has 13 heavy (non-hydrogen) atoms. The molecule has 1 aliphatic carbocycles. The van der Waals surface area contributed by atoms with Gasteiger partial charge in [-0.2, -0.15) is 5.26 Å². The maximum Gasteiger partial charge on any atom is 0.225 e. The van der Waals surface area contributed by atoms with Crippen LogP contribution in [0.15, 0.2) is 30.3 Å². The summed E-state index contributed by atoms with van der Waals surface area (Å²) >= 11 is 0. The summed E-state index contributed by atoms with van der Waals surface area (Å²) in [6, 6.07) is 8.80. The van der Waals surface area contributed by atoms with Crippen LogP contribution in [0.2, 0.25) is 0 Å².